The summed E-state index contributed by atoms with van der Waals surface area (Å²) >= 11 is 14.2. The van der Waals surface area contributed by atoms with Gasteiger partial charge in [-0.1, -0.05) is 65.7 Å². The highest BCUT2D eigenvalue weighted by Gasteiger charge is 2.33. The standard InChI is InChI=1S/C37H35Cl2N7O4/c1-44(30-11-12-32(47)43-30)19-22-9-10-28(42-36(22)50-2)27-8-4-7-26(34(27)39)25-6-3-5-24(33(25)38)21-13-16-46-31(17-21)41-18-23(37(46)49)20-45-15-14-29(45)35(40)48/h3-10,13,16-18,29-30H,11-12,14-15,19-20H2,1-2H3,(H2,40,48)(H,43,47)/t29?,30-/m0/s1. The van der Waals surface area contributed by atoms with Gasteiger partial charge in [0.2, 0.25) is 17.7 Å². The molecule has 2 amide bonds. The number of rotatable bonds is 10. The Kier molecular flexibility index (Phi) is 9.32. The zero-order chi connectivity index (χ0) is 35.1. The molecule has 2 fully saturated rings. The fraction of sp³-hybridized carbons (Fsp3) is 0.270. The second-order valence-corrected chi connectivity index (χ2v) is 13.4. The van der Waals surface area contributed by atoms with Crippen LogP contribution < -0.4 is 21.3 Å². The van der Waals surface area contributed by atoms with Gasteiger partial charge in [-0.2, -0.15) is 0 Å². The van der Waals surface area contributed by atoms with Gasteiger partial charge in [-0.15, -0.1) is 0 Å². The molecule has 5 aromatic rings. The summed E-state index contributed by atoms with van der Waals surface area (Å²) in [5, 5.41) is 3.97. The van der Waals surface area contributed by atoms with Crippen LogP contribution in [0.5, 0.6) is 5.88 Å². The van der Waals surface area contributed by atoms with Crippen LogP contribution in [-0.4, -0.2) is 68.9 Å². The maximum atomic E-state index is 13.3. The molecule has 0 saturated carbocycles. The van der Waals surface area contributed by atoms with Gasteiger partial charge in [0.05, 0.1) is 40.6 Å². The van der Waals surface area contributed by atoms with Gasteiger partial charge >= 0.3 is 0 Å². The number of fused-ring (bicyclic) bond motifs is 1. The number of methoxy groups -OCH3 is 1. The molecule has 1 unspecified atom stereocenters. The number of carbonyl (C=O) groups excluding carboxylic acids is 2. The van der Waals surface area contributed by atoms with Crippen molar-refractivity contribution in [2.24, 2.45) is 5.73 Å². The first-order valence-corrected chi connectivity index (χ1v) is 17.0. The number of carbonyl (C=O) groups is 2. The lowest BCUT2D eigenvalue weighted by atomic mass is 9.97. The topological polar surface area (TPSA) is 135 Å². The molecule has 7 rings (SSSR count). The van der Waals surface area contributed by atoms with Crippen molar-refractivity contribution in [3.63, 3.8) is 0 Å². The van der Waals surface area contributed by atoms with Crippen molar-refractivity contribution in [3.05, 3.63) is 105 Å². The van der Waals surface area contributed by atoms with Crippen molar-refractivity contribution in [1.82, 2.24) is 29.5 Å². The summed E-state index contributed by atoms with van der Waals surface area (Å²) in [4.78, 5) is 50.0. The Balaban J connectivity index is 1.16. The van der Waals surface area contributed by atoms with Crippen molar-refractivity contribution < 1.29 is 14.3 Å². The third-order valence-electron chi connectivity index (χ3n) is 9.54. The first-order chi connectivity index (χ1) is 24.1. The third kappa shape index (κ3) is 6.33. The second-order valence-electron chi connectivity index (χ2n) is 12.6. The van der Waals surface area contributed by atoms with Crippen LogP contribution in [0.25, 0.3) is 39.2 Å². The summed E-state index contributed by atoms with van der Waals surface area (Å²) in [6.45, 7) is 1.56. The van der Waals surface area contributed by atoms with Crippen molar-refractivity contribution in [2.75, 3.05) is 20.7 Å². The number of amides is 2. The quantitative estimate of drug-likeness (QED) is 0.204. The highest BCUT2D eigenvalue weighted by molar-refractivity contribution is 6.39. The molecule has 2 atom stereocenters. The molecule has 0 aliphatic carbocycles. The smallest absolute Gasteiger partial charge is 0.262 e. The summed E-state index contributed by atoms with van der Waals surface area (Å²) in [5.74, 6) is 0.152. The van der Waals surface area contributed by atoms with E-state index in [4.69, 9.17) is 38.7 Å². The van der Waals surface area contributed by atoms with E-state index in [2.05, 4.69) is 15.2 Å². The molecule has 0 radical (unpaired) electrons. The Morgan fingerprint density at radius 1 is 1.00 bits per heavy atom. The Morgan fingerprint density at radius 3 is 2.38 bits per heavy atom. The van der Waals surface area contributed by atoms with Gasteiger partial charge in [-0.05, 0) is 43.7 Å². The molecule has 2 aliphatic heterocycles. The molecular formula is C37H35Cl2N7O4. The molecule has 0 spiro atoms. The molecule has 2 saturated heterocycles. The van der Waals surface area contributed by atoms with Crippen LogP contribution >= 0.6 is 23.2 Å². The number of ether oxygens (including phenoxy) is 1. The lowest BCUT2D eigenvalue weighted by Gasteiger charge is -2.38. The van der Waals surface area contributed by atoms with Crippen molar-refractivity contribution >= 4 is 40.7 Å². The summed E-state index contributed by atoms with van der Waals surface area (Å²) in [7, 11) is 3.55. The molecule has 50 heavy (non-hydrogen) atoms. The number of aromatic nitrogens is 3. The first kappa shape index (κ1) is 33.7. The number of pyridine rings is 2. The highest BCUT2D eigenvalue weighted by Crippen LogP contribution is 2.42. The lowest BCUT2D eigenvalue weighted by molar-refractivity contribution is -0.127. The molecule has 2 aromatic carbocycles. The average Bonchev–Trinajstić information content (AvgIpc) is 3.54. The highest BCUT2D eigenvalue weighted by atomic mass is 35.5. The van der Waals surface area contributed by atoms with Crippen LogP contribution in [-0.2, 0) is 22.7 Å². The largest absolute Gasteiger partial charge is 0.481 e. The van der Waals surface area contributed by atoms with E-state index in [-0.39, 0.29) is 29.6 Å². The predicted molar refractivity (Wildman–Crippen MR) is 193 cm³/mol. The molecule has 2 aliphatic rings. The SMILES string of the molecule is COc1nc(-c2cccc(-c3cccc(-c4ccn5c(=O)c(CN6CCC6C(N)=O)cnc5c4)c3Cl)c2Cl)ccc1CN(C)[C@H]1CCC(=O)N1. The third-order valence-corrected chi connectivity index (χ3v) is 10.4. The Hall–Kier alpha value is -4.81. The number of primary amides is 1. The number of nitrogens with one attached hydrogen (secondary N) is 1. The van der Waals surface area contributed by atoms with Crippen LogP contribution in [0.3, 0.4) is 0 Å². The van der Waals surface area contributed by atoms with Crippen molar-refractivity contribution in [3.8, 4) is 39.4 Å². The van der Waals surface area contributed by atoms with E-state index in [9.17, 15) is 14.4 Å². The van der Waals surface area contributed by atoms with Crippen LogP contribution in [0.1, 0.15) is 30.4 Å². The molecule has 13 heteroatoms. The number of hydrogen-bond donors (Lipinski definition) is 2. The van der Waals surface area contributed by atoms with Crippen LogP contribution in [0.2, 0.25) is 10.0 Å². The molecule has 256 valence electrons. The van der Waals surface area contributed by atoms with E-state index in [0.717, 1.165) is 39.8 Å². The molecule has 3 aromatic heterocycles. The van der Waals surface area contributed by atoms with Crippen LogP contribution in [0.4, 0.5) is 0 Å². The number of benzene rings is 2. The fourth-order valence-corrected chi connectivity index (χ4v) is 7.35. The fourth-order valence-electron chi connectivity index (χ4n) is 6.68. The van der Waals surface area contributed by atoms with Gasteiger partial charge < -0.3 is 15.8 Å². The van der Waals surface area contributed by atoms with E-state index < -0.39 is 0 Å². The zero-order valence-electron chi connectivity index (χ0n) is 27.5. The van der Waals surface area contributed by atoms with E-state index in [1.54, 1.807) is 19.5 Å². The Labute approximate surface area is 298 Å². The van der Waals surface area contributed by atoms with E-state index in [1.807, 2.05) is 72.6 Å². The monoisotopic (exact) mass is 711 g/mol. The molecule has 0 bridgehead atoms. The normalized spacial score (nSPS) is 17.6. The predicted octanol–water partition coefficient (Wildman–Crippen LogP) is 5.13. The molecule has 3 N–H and O–H groups in total. The van der Waals surface area contributed by atoms with Gasteiger partial charge in [0.25, 0.3) is 5.56 Å². The number of halogens is 2. The lowest BCUT2D eigenvalue weighted by Crippen LogP contribution is -2.54. The molecule has 5 heterocycles. The summed E-state index contributed by atoms with van der Waals surface area (Å²) < 4.78 is 7.17. The van der Waals surface area contributed by atoms with Gasteiger partial charge in [0, 0.05) is 66.3 Å². The average molecular weight is 713 g/mol. The van der Waals surface area contributed by atoms with E-state index in [1.165, 1.54) is 4.40 Å². The van der Waals surface area contributed by atoms with E-state index >= 15 is 0 Å². The second kappa shape index (κ2) is 13.8. The number of likely N-dealkylation sites (tertiary alicyclic amines) is 1. The summed E-state index contributed by atoms with van der Waals surface area (Å²) in [6, 6.07) is 18.6. The van der Waals surface area contributed by atoms with Gasteiger partial charge in [-0.3, -0.25) is 28.6 Å². The van der Waals surface area contributed by atoms with Gasteiger partial charge in [-0.25, -0.2) is 9.97 Å². The van der Waals surface area contributed by atoms with Gasteiger partial charge in [0.15, 0.2) is 0 Å². The van der Waals surface area contributed by atoms with Crippen molar-refractivity contribution in [1.29, 1.82) is 0 Å². The zero-order valence-corrected chi connectivity index (χ0v) is 29.0. The minimum absolute atomic E-state index is 0.0285. The van der Waals surface area contributed by atoms with Gasteiger partial charge in [0.1, 0.15) is 5.65 Å². The Morgan fingerprint density at radius 2 is 1.72 bits per heavy atom. The summed E-state index contributed by atoms with van der Waals surface area (Å²) in [6.07, 6.45) is 5.19. The summed E-state index contributed by atoms with van der Waals surface area (Å²) in [5.41, 5.74) is 11.5. The van der Waals surface area contributed by atoms with Crippen molar-refractivity contribution in [2.45, 2.75) is 44.6 Å². The molecule has 11 nitrogen and oxygen atoms in total. The maximum absolute atomic E-state index is 13.3. The number of nitrogens with zero attached hydrogens (tertiary/aromatic N) is 5. The van der Waals surface area contributed by atoms with E-state index in [0.29, 0.717) is 65.3 Å². The maximum Gasteiger partial charge on any atom is 0.262 e. The van der Waals surface area contributed by atoms with Crippen LogP contribution in [0.15, 0.2) is 77.9 Å². The minimum atomic E-state index is -0.384. The number of hydrogen-bond acceptors (Lipinski definition) is 8. The Bertz CT molecular complexity index is 2210. The first-order valence-electron chi connectivity index (χ1n) is 16.3. The molecular weight excluding hydrogens is 677 g/mol. The van der Waals surface area contributed by atoms with Crippen LogP contribution in [0, 0.1) is 0 Å². The minimum Gasteiger partial charge on any atom is -0.481 e. The number of nitrogens with two attached hydrogens (primary N) is 1.